The van der Waals surface area contributed by atoms with Crippen molar-refractivity contribution in [1.82, 2.24) is 0 Å². The fourth-order valence-corrected chi connectivity index (χ4v) is 4.74. The molecule has 0 saturated heterocycles. The Kier molecular flexibility index (Phi) is 5.03. The Balaban J connectivity index is 1.59. The van der Waals surface area contributed by atoms with Crippen LogP contribution < -0.4 is 0 Å². The number of halogens is 1. The van der Waals surface area contributed by atoms with Crippen LogP contribution >= 0.6 is 22.9 Å². The van der Waals surface area contributed by atoms with E-state index in [2.05, 4.69) is 11.1 Å². The van der Waals surface area contributed by atoms with E-state index in [9.17, 15) is 10.1 Å². The molecule has 0 bridgehead atoms. The van der Waals surface area contributed by atoms with Crippen LogP contribution in [-0.2, 0) is 12.8 Å². The number of fused-ring (bicyclic) bond motifs is 1. The maximum absolute atomic E-state index is 11.1. The van der Waals surface area contributed by atoms with Crippen molar-refractivity contribution >= 4 is 40.1 Å². The van der Waals surface area contributed by atoms with Gasteiger partial charge < -0.3 is 9.52 Å². The summed E-state index contributed by atoms with van der Waals surface area (Å²) in [6.07, 6.45) is 5.85. The molecule has 3 aromatic rings. The van der Waals surface area contributed by atoms with E-state index in [-0.39, 0.29) is 10.6 Å². The zero-order valence-corrected chi connectivity index (χ0v) is 16.3. The van der Waals surface area contributed by atoms with Gasteiger partial charge in [0.05, 0.1) is 22.4 Å². The zero-order valence-electron chi connectivity index (χ0n) is 14.7. The monoisotopic (exact) mass is 410 g/mol. The second-order valence-electron chi connectivity index (χ2n) is 6.46. The first-order valence-corrected chi connectivity index (χ1v) is 9.98. The quantitative estimate of drug-likeness (QED) is 0.545. The molecule has 0 aliphatic heterocycles. The van der Waals surface area contributed by atoms with E-state index in [1.54, 1.807) is 41.8 Å². The fraction of sp³-hybridized carbons (Fsp3) is 0.190. The molecule has 1 aliphatic carbocycles. The third-order valence-corrected chi connectivity index (χ3v) is 6.20. The number of rotatable bonds is 4. The molecular weight excluding hydrogens is 396 g/mol. The molecule has 0 atom stereocenters. The third kappa shape index (κ3) is 3.47. The predicted molar refractivity (Wildman–Crippen MR) is 109 cm³/mol. The van der Waals surface area contributed by atoms with Crippen molar-refractivity contribution in [3.05, 3.63) is 62.7 Å². The fourth-order valence-electron chi connectivity index (χ4n) is 3.30. The lowest BCUT2D eigenvalue weighted by Crippen LogP contribution is -1.99. The Bertz CT molecular complexity index is 1140. The standard InChI is InChI=1S/C21H15ClN2O3S/c22-17-9-12(5-7-15(17)21(25)26)18-8-6-13(27-18)11-24-20-16(10-23)14-3-1-2-4-19(14)28-20/h5-9,11H,1-4H2,(H,25,26). The highest BCUT2D eigenvalue weighted by molar-refractivity contribution is 7.16. The van der Waals surface area contributed by atoms with Crippen LogP contribution in [0.2, 0.25) is 5.02 Å². The van der Waals surface area contributed by atoms with Crippen molar-refractivity contribution in [1.29, 1.82) is 5.26 Å². The average Bonchev–Trinajstić information content (AvgIpc) is 3.30. The van der Waals surface area contributed by atoms with E-state index in [0.29, 0.717) is 22.6 Å². The Morgan fingerprint density at radius 1 is 1.29 bits per heavy atom. The van der Waals surface area contributed by atoms with Gasteiger partial charge in [-0.05, 0) is 55.5 Å². The molecule has 2 aromatic heterocycles. The van der Waals surface area contributed by atoms with Crippen LogP contribution in [0, 0.1) is 11.3 Å². The molecule has 1 N–H and O–H groups in total. The van der Waals surface area contributed by atoms with Gasteiger partial charge in [-0.25, -0.2) is 9.79 Å². The maximum Gasteiger partial charge on any atom is 0.337 e. The van der Waals surface area contributed by atoms with E-state index in [1.165, 1.54) is 10.9 Å². The van der Waals surface area contributed by atoms with Crippen LogP contribution in [0.1, 0.15) is 45.0 Å². The van der Waals surface area contributed by atoms with E-state index in [1.807, 2.05) is 0 Å². The highest BCUT2D eigenvalue weighted by Crippen LogP contribution is 2.39. The molecule has 4 rings (SSSR count). The number of aromatic carboxylic acids is 1. The van der Waals surface area contributed by atoms with Crippen molar-refractivity contribution in [3.63, 3.8) is 0 Å². The lowest BCUT2D eigenvalue weighted by atomic mass is 9.96. The van der Waals surface area contributed by atoms with E-state index >= 15 is 0 Å². The van der Waals surface area contributed by atoms with Gasteiger partial charge >= 0.3 is 5.97 Å². The molecule has 0 saturated carbocycles. The van der Waals surface area contributed by atoms with Gasteiger partial charge in [-0.2, -0.15) is 5.26 Å². The van der Waals surface area contributed by atoms with E-state index < -0.39 is 5.97 Å². The first-order valence-electron chi connectivity index (χ1n) is 8.78. The number of hydrogen-bond acceptors (Lipinski definition) is 5. The molecule has 7 heteroatoms. The van der Waals surface area contributed by atoms with Gasteiger partial charge in [-0.1, -0.05) is 17.7 Å². The van der Waals surface area contributed by atoms with Crippen molar-refractivity contribution in [3.8, 4) is 17.4 Å². The summed E-state index contributed by atoms with van der Waals surface area (Å²) >= 11 is 7.61. The van der Waals surface area contributed by atoms with Gasteiger partial charge in [-0.3, -0.25) is 0 Å². The lowest BCUT2D eigenvalue weighted by molar-refractivity contribution is 0.0697. The van der Waals surface area contributed by atoms with Crippen molar-refractivity contribution in [2.45, 2.75) is 25.7 Å². The number of benzene rings is 1. The molecule has 140 valence electrons. The Morgan fingerprint density at radius 3 is 2.86 bits per heavy atom. The highest BCUT2D eigenvalue weighted by Gasteiger charge is 2.20. The number of nitrogens with zero attached hydrogens (tertiary/aromatic N) is 2. The number of aryl methyl sites for hydroxylation is 1. The SMILES string of the molecule is N#Cc1c(N=Cc2ccc(-c3ccc(C(=O)O)c(Cl)c3)o2)sc2c1CCCC2. The molecule has 1 aromatic carbocycles. The molecule has 0 radical (unpaired) electrons. The van der Waals surface area contributed by atoms with Gasteiger partial charge in [0.1, 0.15) is 22.6 Å². The smallest absolute Gasteiger partial charge is 0.337 e. The highest BCUT2D eigenvalue weighted by atomic mass is 35.5. The summed E-state index contributed by atoms with van der Waals surface area (Å²) in [6, 6.07) is 10.5. The number of carboxylic acids is 1. The first kappa shape index (κ1) is 18.5. The summed E-state index contributed by atoms with van der Waals surface area (Å²) in [5, 5.41) is 19.4. The van der Waals surface area contributed by atoms with Crippen molar-refractivity contribution in [2.75, 3.05) is 0 Å². The summed E-state index contributed by atoms with van der Waals surface area (Å²) in [5.74, 6) is 0.0331. The molecule has 2 heterocycles. The van der Waals surface area contributed by atoms with E-state index in [0.717, 1.165) is 36.2 Å². The number of nitriles is 1. The van der Waals surface area contributed by atoms with Crippen LogP contribution in [0.4, 0.5) is 5.00 Å². The minimum Gasteiger partial charge on any atom is -0.478 e. The normalized spacial score (nSPS) is 13.4. The summed E-state index contributed by atoms with van der Waals surface area (Å²) in [4.78, 5) is 16.8. The van der Waals surface area contributed by atoms with Gasteiger partial charge in [0.15, 0.2) is 0 Å². The Hall–Kier alpha value is -2.88. The third-order valence-electron chi connectivity index (χ3n) is 4.68. The summed E-state index contributed by atoms with van der Waals surface area (Å²) in [6.45, 7) is 0. The molecule has 5 nitrogen and oxygen atoms in total. The number of carboxylic acid groups (broad SMARTS) is 1. The maximum atomic E-state index is 11.1. The second kappa shape index (κ2) is 7.63. The molecule has 0 fully saturated rings. The molecule has 0 unspecified atom stereocenters. The topological polar surface area (TPSA) is 86.6 Å². The number of aliphatic imine (C=N–C) groups is 1. The van der Waals surface area contributed by atoms with Crippen LogP contribution in [0.25, 0.3) is 11.3 Å². The number of carbonyl (C=O) groups is 1. The van der Waals surface area contributed by atoms with E-state index in [4.69, 9.17) is 21.1 Å². The van der Waals surface area contributed by atoms with Gasteiger partial charge in [0.25, 0.3) is 0 Å². The van der Waals surface area contributed by atoms with Gasteiger partial charge in [0.2, 0.25) is 0 Å². The van der Waals surface area contributed by atoms with Gasteiger partial charge in [-0.15, -0.1) is 11.3 Å². The summed E-state index contributed by atoms with van der Waals surface area (Å²) in [5.41, 5.74) is 2.56. The van der Waals surface area contributed by atoms with Crippen LogP contribution in [-0.4, -0.2) is 17.3 Å². The number of hydrogen-bond donors (Lipinski definition) is 1. The molecule has 1 aliphatic rings. The average molecular weight is 411 g/mol. The van der Waals surface area contributed by atoms with Crippen molar-refractivity contribution in [2.24, 2.45) is 4.99 Å². The predicted octanol–water partition coefficient (Wildman–Crippen LogP) is 5.86. The van der Waals surface area contributed by atoms with Crippen LogP contribution in [0.5, 0.6) is 0 Å². The second-order valence-corrected chi connectivity index (χ2v) is 7.95. The lowest BCUT2D eigenvalue weighted by Gasteiger charge is -2.09. The minimum atomic E-state index is -1.07. The largest absolute Gasteiger partial charge is 0.478 e. The number of thiophene rings is 1. The minimum absolute atomic E-state index is 0.0458. The van der Waals surface area contributed by atoms with Crippen LogP contribution in [0.15, 0.2) is 39.7 Å². The first-order chi connectivity index (χ1) is 13.6. The number of furan rings is 1. The molecule has 28 heavy (non-hydrogen) atoms. The Labute approximate surface area is 170 Å². The van der Waals surface area contributed by atoms with Crippen LogP contribution in [0.3, 0.4) is 0 Å². The molecule has 0 amide bonds. The van der Waals surface area contributed by atoms with Crippen molar-refractivity contribution < 1.29 is 14.3 Å². The molecule has 0 spiro atoms. The summed E-state index contributed by atoms with van der Waals surface area (Å²) in [7, 11) is 0. The molecular formula is C21H15ClN2O3S. The zero-order chi connectivity index (χ0) is 19.7. The Morgan fingerprint density at radius 2 is 2.11 bits per heavy atom. The summed E-state index contributed by atoms with van der Waals surface area (Å²) < 4.78 is 5.79. The van der Waals surface area contributed by atoms with Gasteiger partial charge in [0, 0.05) is 10.4 Å².